The van der Waals surface area contributed by atoms with Crippen LogP contribution in [0, 0.1) is 6.92 Å². The molecular weight excluding hydrogens is 318 g/mol. The van der Waals surface area contributed by atoms with E-state index in [0.29, 0.717) is 13.3 Å². The molecule has 1 aromatic heterocycles. The lowest BCUT2D eigenvalue weighted by Gasteiger charge is -2.25. The fraction of sp³-hybridized carbons (Fsp3) is 0.158. The number of nitrogens with zero attached hydrogens (tertiary/aromatic N) is 3. The van der Waals surface area contributed by atoms with Gasteiger partial charge in [0.15, 0.2) is 4.80 Å². The van der Waals surface area contributed by atoms with Crippen LogP contribution >= 0.6 is 11.3 Å². The van der Waals surface area contributed by atoms with E-state index in [0.717, 1.165) is 20.6 Å². The van der Waals surface area contributed by atoms with Crippen molar-refractivity contribution in [3.8, 4) is 0 Å². The molecule has 4 nitrogen and oxygen atoms in total. The van der Waals surface area contributed by atoms with Gasteiger partial charge < -0.3 is 4.90 Å². The van der Waals surface area contributed by atoms with Crippen LogP contribution in [0.1, 0.15) is 11.1 Å². The SMILES string of the molecule is Cc1ccc(N2CN=c3sc(=Cc4ccccc4)c(=O)n3C2)cc1. The smallest absolute Gasteiger partial charge is 0.271 e. The van der Waals surface area contributed by atoms with Gasteiger partial charge in [-0.25, -0.2) is 4.99 Å². The summed E-state index contributed by atoms with van der Waals surface area (Å²) < 4.78 is 2.48. The van der Waals surface area contributed by atoms with Gasteiger partial charge in [-0.05, 0) is 30.7 Å². The molecule has 0 radical (unpaired) electrons. The zero-order valence-electron chi connectivity index (χ0n) is 13.3. The van der Waals surface area contributed by atoms with Gasteiger partial charge in [0, 0.05) is 5.69 Å². The van der Waals surface area contributed by atoms with E-state index in [1.54, 1.807) is 4.57 Å². The number of hydrogen-bond donors (Lipinski definition) is 0. The molecule has 1 aliphatic rings. The van der Waals surface area contributed by atoms with Crippen molar-refractivity contribution in [2.45, 2.75) is 13.6 Å². The van der Waals surface area contributed by atoms with E-state index < -0.39 is 0 Å². The summed E-state index contributed by atoms with van der Waals surface area (Å²) in [5.41, 5.74) is 3.37. The lowest BCUT2D eigenvalue weighted by Crippen LogP contribution is -2.42. The summed E-state index contributed by atoms with van der Waals surface area (Å²) in [5.74, 6) is 0. The molecule has 3 aromatic rings. The normalized spacial score (nSPS) is 14.4. The van der Waals surface area contributed by atoms with E-state index >= 15 is 0 Å². The molecule has 0 saturated heterocycles. The van der Waals surface area contributed by atoms with Crippen LogP contribution in [0.5, 0.6) is 0 Å². The highest BCUT2D eigenvalue weighted by Gasteiger charge is 2.15. The Bertz CT molecular complexity index is 1030. The lowest BCUT2D eigenvalue weighted by molar-refractivity contribution is 0.569. The van der Waals surface area contributed by atoms with Crippen molar-refractivity contribution in [1.29, 1.82) is 0 Å². The molecule has 0 N–H and O–H groups in total. The van der Waals surface area contributed by atoms with Crippen LogP contribution in [0.2, 0.25) is 0 Å². The maximum Gasteiger partial charge on any atom is 0.271 e. The molecule has 120 valence electrons. The largest absolute Gasteiger partial charge is 0.334 e. The van der Waals surface area contributed by atoms with E-state index in [2.05, 4.69) is 41.1 Å². The summed E-state index contributed by atoms with van der Waals surface area (Å²) in [7, 11) is 0. The van der Waals surface area contributed by atoms with Gasteiger partial charge in [0.25, 0.3) is 5.56 Å². The van der Waals surface area contributed by atoms with E-state index in [9.17, 15) is 4.79 Å². The van der Waals surface area contributed by atoms with E-state index in [-0.39, 0.29) is 5.56 Å². The first kappa shape index (κ1) is 14.9. The minimum Gasteiger partial charge on any atom is -0.334 e. The summed E-state index contributed by atoms with van der Waals surface area (Å²) in [5, 5.41) is 0. The maximum atomic E-state index is 12.7. The molecule has 0 aliphatic carbocycles. The van der Waals surface area contributed by atoms with Crippen LogP contribution in [0.15, 0.2) is 64.4 Å². The standard InChI is InChI=1S/C19H17N3OS/c1-14-7-9-16(10-8-14)21-12-20-19-22(13-21)18(23)17(24-19)11-15-5-3-2-4-6-15/h2-11H,12-13H2,1H3. The van der Waals surface area contributed by atoms with Crippen LogP contribution in [0.4, 0.5) is 5.69 Å². The topological polar surface area (TPSA) is 37.6 Å². The highest BCUT2D eigenvalue weighted by atomic mass is 32.1. The lowest BCUT2D eigenvalue weighted by atomic mass is 10.2. The molecule has 0 saturated carbocycles. The molecule has 0 unspecified atom stereocenters. The molecular formula is C19H17N3OS. The molecule has 0 fully saturated rings. The van der Waals surface area contributed by atoms with Gasteiger partial charge in [0.05, 0.1) is 4.53 Å². The predicted molar refractivity (Wildman–Crippen MR) is 97.9 cm³/mol. The Morgan fingerprint density at radius 1 is 1.08 bits per heavy atom. The van der Waals surface area contributed by atoms with Crippen molar-refractivity contribution in [3.63, 3.8) is 0 Å². The second kappa shape index (κ2) is 6.09. The van der Waals surface area contributed by atoms with Gasteiger partial charge in [-0.1, -0.05) is 59.4 Å². The Morgan fingerprint density at radius 2 is 1.83 bits per heavy atom. The first-order valence-electron chi connectivity index (χ1n) is 7.83. The summed E-state index contributed by atoms with van der Waals surface area (Å²) in [4.78, 5) is 20.2. The van der Waals surface area contributed by atoms with Crippen molar-refractivity contribution >= 4 is 23.1 Å². The summed E-state index contributed by atoms with van der Waals surface area (Å²) in [6.45, 7) is 3.19. The van der Waals surface area contributed by atoms with Crippen molar-refractivity contribution in [3.05, 3.63) is 85.4 Å². The molecule has 2 heterocycles. The van der Waals surface area contributed by atoms with E-state index in [4.69, 9.17) is 0 Å². The second-order valence-corrected chi connectivity index (χ2v) is 6.86. The Hall–Kier alpha value is -2.66. The average Bonchev–Trinajstić information content (AvgIpc) is 2.92. The zero-order valence-corrected chi connectivity index (χ0v) is 14.2. The number of thiazole rings is 1. The molecule has 1 aliphatic heterocycles. The van der Waals surface area contributed by atoms with Crippen molar-refractivity contribution in [2.75, 3.05) is 11.6 Å². The Kier molecular flexibility index (Phi) is 3.78. The monoisotopic (exact) mass is 335 g/mol. The third-order valence-electron chi connectivity index (χ3n) is 4.07. The first-order valence-corrected chi connectivity index (χ1v) is 8.65. The van der Waals surface area contributed by atoms with Gasteiger partial charge in [-0.2, -0.15) is 0 Å². The molecule has 24 heavy (non-hydrogen) atoms. The quantitative estimate of drug-likeness (QED) is 0.719. The van der Waals surface area contributed by atoms with Crippen LogP contribution in [0.25, 0.3) is 6.08 Å². The number of aryl methyl sites for hydroxylation is 1. The number of aromatic nitrogens is 1. The van der Waals surface area contributed by atoms with Gasteiger partial charge in [-0.15, -0.1) is 0 Å². The van der Waals surface area contributed by atoms with Gasteiger partial charge in [-0.3, -0.25) is 9.36 Å². The molecule has 0 spiro atoms. The maximum absolute atomic E-state index is 12.7. The summed E-state index contributed by atoms with van der Waals surface area (Å²) >= 11 is 1.46. The summed E-state index contributed by atoms with van der Waals surface area (Å²) in [6, 6.07) is 18.2. The number of hydrogen-bond acceptors (Lipinski definition) is 4. The second-order valence-electron chi connectivity index (χ2n) is 5.85. The molecule has 0 atom stereocenters. The third-order valence-corrected chi connectivity index (χ3v) is 5.12. The third kappa shape index (κ3) is 2.78. The molecule has 4 rings (SSSR count). The van der Waals surface area contributed by atoms with Crippen molar-refractivity contribution < 1.29 is 0 Å². The van der Waals surface area contributed by atoms with Gasteiger partial charge in [0.2, 0.25) is 0 Å². The molecule has 5 heteroatoms. The molecule has 0 bridgehead atoms. The zero-order chi connectivity index (χ0) is 16.5. The fourth-order valence-corrected chi connectivity index (χ4v) is 3.69. The Morgan fingerprint density at radius 3 is 2.58 bits per heavy atom. The Labute approximate surface area is 143 Å². The highest BCUT2D eigenvalue weighted by Crippen LogP contribution is 2.16. The molecule has 0 amide bonds. The van der Waals surface area contributed by atoms with Crippen LogP contribution in [0.3, 0.4) is 0 Å². The van der Waals surface area contributed by atoms with Gasteiger partial charge in [0.1, 0.15) is 13.3 Å². The van der Waals surface area contributed by atoms with Crippen molar-refractivity contribution in [2.24, 2.45) is 4.99 Å². The molecule has 2 aromatic carbocycles. The summed E-state index contributed by atoms with van der Waals surface area (Å²) in [6.07, 6.45) is 1.93. The number of fused-ring (bicyclic) bond motifs is 1. The van der Waals surface area contributed by atoms with Crippen LogP contribution in [-0.4, -0.2) is 11.2 Å². The van der Waals surface area contributed by atoms with Gasteiger partial charge >= 0.3 is 0 Å². The van der Waals surface area contributed by atoms with E-state index in [1.807, 2.05) is 36.4 Å². The number of rotatable bonds is 2. The van der Waals surface area contributed by atoms with E-state index in [1.165, 1.54) is 16.9 Å². The minimum atomic E-state index is 0.0272. The van der Waals surface area contributed by atoms with Crippen molar-refractivity contribution in [1.82, 2.24) is 4.57 Å². The minimum absolute atomic E-state index is 0.0272. The first-order chi connectivity index (χ1) is 11.7. The fourth-order valence-electron chi connectivity index (χ4n) is 2.73. The van der Waals surface area contributed by atoms with Crippen LogP contribution in [-0.2, 0) is 6.67 Å². The highest BCUT2D eigenvalue weighted by molar-refractivity contribution is 7.07. The average molecular weight is 335 g/mol. The number of benzene rings is 2. The van der Waals surface area contributed by atoms with Crippen LogP contribution < -0.4 is 19.8 Å². The number of anilines is 1. The predicted octanol–water partition coefficient (Wildman–Crippen LogP) is 2.10. The Balaban J connectivity index is 1.71.